The largest absolute Gasteiger partial charge is 0.372 e. The Morgan fingerprint density at radius 3 is 1.41 bits per heavy atom. The van der Waals surface area contributed by atoms with E-state index in [0.29, 0.717) is 5.17 Å². The van der Waals surface area contributed by atoms with Gasteiger partial charge in [-0.1, -0.05) is 77.5 Å². The number of carbonyl (C=O) groups excluding carboxylic acids is 1. The van der Waals surface area contributed by atoms with Gasteiger partial charge in [-0.25, -0.2) is 4.99 Å². The lowest BCUT2D eigenvalue weighted by Gasteiger charge is -2.39. The van der Waals surface area contributed by atoms with E-state index in [1.165, 1.54) is 11.1 Å². The number of nitrogens with zero attached hydrogens (tertiary/aromatic N) is 4. The highest BCUT2D eigenvalue weighted by Gasteiger charge is 2.43. The number of rotatable bonds is 11. The quantitative estimate of drug-likeness (QED) is 0.149. The fraction of sp³-hybridized carbons (Fsp3) is 0.273. The van der Waals surface area contributed by atoms with E-state index < -0.39 is 4.75 Å². The molecular formula is C44H49N5OS. The van der Waals surface area contributed by atoms with E-state index >= 15 is 0 Å². The molecule has 6 rings (SSSR count). The molecule has 262 valence electrons. The lowest BCUT2D eigenvalue weighted by Crippen LogP contribution is -2.36. The van der Waals surface area contributed by atoms with Gasteiger partial charge in [-0.3, -0.25) is 4.79 Å². The highest BCUT2D eigenvalue weighted by Crippen LogP contribution is 2.55. The van der Waals surface area contributed by atoms with Gasteiger partial charge in [-0.2, -0.15) is 0 Å². The summed E-state index contributed by atoms with van der Waals surface area (Å²) in [6.45, 7) is 18.0. The molecule has 0 aromatic heterocycles. The van der Waals surface area contributed by atoms with Crippen LogP contribution in [0.2, 0.25) is 0 Å². The molecule has 51 heavy (non-hydrogen) atoms. The van der Waals surface area contributed by atoms with Crippen LogP contribution in [0.3, 0.4) is 0 Å². The predicted molar refractivity (Wildman–Crippen MR) is 219 cm³/mol. The van der Waals surface area contributed by atoms with Crippen molar-refractivity contribution in [2.75, 3.05) is 40.9 Å². The lowest BCUT2D eigenvalue weighted by molar-refractivity contribution is -0.117. The molecular weight excluding hydrogens is 647 g/mol. The summed E-state index contributed by atoms with van der Waals surface area (Å²) in [4.78, 5) is 24.6. The van der Waals surface area contributed by atoms with Crippen LogP contribution in [-0.4, -0.2) is 37.3 Å². The molecule has 0 saturated heterocycles. The van der Waals surface area contributed by atoms with Gasteiger partial charge in [-0.05, 0) is 113 Å². The topological polar surface area (TPSA) is 51.2 Å². The molecule has 1 aliphatic rings. The minimum absolute atomic E-state index is 0.141. The molecule has 7 heteroatoms. The van der Waals surface area contributed by atoms with Crippen molar-refractivity contribution in [3.63, 3.8) is 0 Å². The Kier molecular flexibility index (Phi) is 10.9. The molecule has 0 saturated carbocycles. The van der Waals surface area contributed by atoms with Gasteiger partial charge in [0, 0.05) is 67.1 Å². The maximum atomic E-state index is 12.6. The van der Waals surface area contributed by atoms with Crippen LogP contribution in [0.4, 0.5) is 34.1 Å². The van der Waals surface area contributed by atoms with Crippen LogP contribution in [0.15, 0.2) is 120 Å². The number of benzene rings is 5. The van der Waals surface area contributed by atoms with Crippen LogP contribution in [-0.2, 0) is 9.54 Å². The first-order valence-corrected chi connectivity index (χ1v) is 18.9. The van der Waals surface area contributed by atoms with E-state index in [-0.39, 0.29) is 5.91 Å². The normalized spacial score (nSPS) is 13.2. The van der Waals surface area contributed by atoms with E-state index in [2.05, 4.69) is 177 Å². The average Bonchev–Trinajstić information content (AvgIpc) is 3.14. The van der Waals surface area contributed by atoms with Crippen molar-refractivity contribution in [3.05, 3.63) is 143 Å². The Labute approximate surface area is 308 Å². The monoisotopic (exact) mass is 695 g/mol. The Balaban J connectivity index is 1.52. The van der Waals surface area contributed by atoms with Gasteiger partial charge in [0.15, 0.2) is 5.17 Å². The number of aliphatic imine (C=N–C) groups is 1. The van der Waals surface area contributed by atoms with Crippen LogP contribution < -0.4 is 20.0 Å². The molecule has 6 nitrogen and oxygen atoms in total. The van der Waals surface area contributed by atoms with Crippen LogP contribution in [0.1, 0.15) is 62.4 Å². The Morgan fingerprint density at radius 1 is 0.608 bits per heavy atom. The van der Waals surface area contributed by atoms with E-state index in [1.807, 2.05) is 0 Å². The van der Waals surface area contributed by atoms with Gasteiger partial charge in [0.25, 0.3) is 0 Å². The highest BCUT2D eigenvalue weighted by molar-refractivity contribution is 8.15. The highest BCUT2D eigenvalue weighted by atomic mass is 32.2. The Morgan fingerprint density at radius 2 is 1.02 bits per heavy atom. The molecule has 5 aromatic rings. The van der Waals surface area contributed by atoms with E-state index in [0.717, 1.165) is 77.0 Å². The molecule has 0 radical (unpaired) electrons. The molecule has 1 N–H and O–H groups in total. The van der Waals surface area contributed by atoms with Crippen LogP contribution in [0, 0.1) is 13.8 Å². The van der Waals surface area contributed by atoms with E-state index in [9.17, 15) is 4.79 Å². The molecule has 1 amide bonds. The molecule has 0 aliphatic carbocycles. The van der Waals surface area contributed by atoms with Crippen molar-refractivity contribution >= 4 is 57.0 Å². The molecule has 0 bridgehead atoms. The summed E-state index contributed by atoms with van der Waals surface area (Å²) in [5, 5.41) is 3.65. The summed E-state index contributed by atoms with van der Waals surface area (Å²) in [7, 11) is 0. The fourth-order valence-electron chi connectivity index (χ4n) is 7.06. The van der Waals surface area contributed by atoms with Crippen molar-refractivity contribution in [2.24, 2.45) is 4.99 Å². The predicted octanol–water partition coefficient (Wildman–Crippen LogP) is 10.6. The Hall–Kier alpha value is -5.01. The second-order valence-electron chi connectivity index (χ2n) is 13.0. The first-order valence-electron chi connectivity index (χ1n) is 18.0. The zero-order valence-electron chi connectivity index (χ0n) is 30.9. The first kappa shape index (κ1) is 35.8. The molecule has 1 aliphatic heterocycles. The summed E-state index contributed by atoms with van der Waals surface area (Å²) in [5.74, 6) is -0.141. The molecule has 0 fully saturated rings. The molecule has 0 spiro atoms. The van der Waals surface area contributed by atoms with Crippen molar-refractivity contribution in [3.8, 4) is 0 Å². The molecule has 1 heterocycles. The summed E-state index contributed by atoms with van der Waals surface area (Å²) >= 11 is 1.60. The number of thioether (sulfide) groups is 1. The van der Waals surface area contributed by atoms with E-state index in [1.54, 1.807) is 18.7 Å². The van der Waals surface area contributed by atoms with Gasteiger partial charge in [-0.15, -0.1) is 0 Å². The SMILES string of the molecule is CCN(CC)c1ccc2c(c1)N=C(NC(C)=O)SC2(c1ccc(N(CC)c2ccc(C)cc2)cc1)c1ccc(N(CC)c2ccc(C)cc2)cc1. The number of aryl methyl sites for hydroxylation is 2. The molecule has 0 atom stereocenters. The molecule has 5 aromatic carbocycles. The maximum Gasteiger partial charge on any atom is 0.222 e. The third-order valence-corrected chi connectivity index (χ3v) is 11.1. The minimum atomic E-state index is -0.685. The summed E-state index contributed by atoms with van der Waals surface area (Å²) in [6, 6.07) is 41.9. The van der Waals surface area contributed by atoms with Crippen molar-refractivity contribution < 1.29 is 4.79 Å². The number of nitrogens with one attached hydrogen (secondary N) is 1. The number of anilines is 5. The lowest BCUT2D eigenvalue weighted by atomic mass is 9.82. The minimum Gasteiger partial charge on any atom is -0.372 e. The average molecular weight is 696 g/mol. The number of hydrogen-bond donors (Lipinski definition) is 1. The summed E-state index contributed by atoms with van der Waals surface area (Å²) in [5.41, 5.74) is 12.4. The van der Waals surface area contributed by atoms with Gasteiger partial charge >= 0.3 is 0 Å². The first-order chi connectivity index (χ1) is 24.7. The van der Waals surface area contributed by atoms with Crippen LogP contribution >= 0.6 is 11.8 Å². The van der Waals surface area contributed by atoms with Gasteiger partial charge in [0.2, 0.25) is 5.91 Å². The second-order valence-corrected chi connectivity index (χ2v) is 14.2. The third-order valence-electron chi connectivity index (χ3n) is 9.74. The van der Waals surface area contributed by atoms with Crippen molar-refractivity contribution in [2.45, 2.75) is 53.2 Å². The zero-order valence-corrected chi connectivity index (χ0v) is 31.7. The smallest absolute Gasteiger partial charge is 0.222 e. The number of fused-ring (bicyclic) bond motifs is 1. The van der Waals surface area contributed by atoms with Crippen molar-refractivity contribution in [1.29, 1.82) is 0 Å². The van der Waals surface area contributed by atoms with Crippen LogP contribution in [0.25, 0.3) is 0 Å². The number of carbonyl (C=O) groups is 1. The fourth-order valence-corrected chi connectivity index (χ4v) is 8.48. The van der Waals surface area contributed by atoms with Crippen molar-refractivity contribution in [1.82, 2.24) is 5.32 Å². The maximum absolute atomic E-state index is 12.6. The zero-order chi connectivity index (χ0) is 36.1. The van der Waals surface area contributed by atoms with Gasteiger partial charge in [0.05, 0.1) is 5.69 Å². The van der Waals surface area contributed by atoms with Gasteiger partial charge < -0.3 is 20.0 Å². The summed E-state index contributed by atoms with van der Waals surface area (Å²) < 4.78 is -0.685. The summed E-state index contributed by atoms with van der Waals surface area (Å²) in [6.07, 6.45) is 0. The second kappa shape index (κ2) is 15.5. The van der Waals surface area contributed by atoms with Gasteiger partial charge in [0.1, 0.15) is 4.75 Å². The van der Waals surface area contributed by atoms with E-state index in [4.69, 9.17) is 4.99 Å². The molecule has 0 unspecified atom stereocenters. The standard InChI is InChI=1S/C44H49N5OS/c1-8-47(9-2)40-28-29-41-42(30-40)46-43(45-33(7)50)51-44(41,34-16-24-38(25-17-34)48(10-3)36-20-12-31(5)13-21-36)35-18-26-39(27-19-35)49(11-4)37-22-14-32(6)15-23-37/h12-30H,8-11H2,1-7H3,(H,45,46,50). The van der Waals surface area contributed by atoms with Crippen LogP contribution in [0.5, 0.6) is 0 Å². The number of amidine groups is 1. The number of amides is 1. The number of hydrogen-bond acceptors (Lipinski definition) is 6. The third kappa shape index (κ3) is 7.26. The Bertz CT molecular complexity index is 1890.